The zero-order valence-electron chi connectivity index (χ0n) is 10.1. The van der Waals surface area contributed by atoms with Crippen molar-refractivity contribution in [3.8, 4) is 0 Å². The molecule has 3 atom stereocenters. The van der Waals surface area contributed by atoms with E-state index < -0.39 is 0 Å². The molecule has 0 saturated heterocycles. The van der Waals surface area contributed by atoms with E-state index in [1.807, 2.05) is 6.92 Å². The Bertz CT molecular complexity index is 350. The Hall–Kier alpha value is -0.860. The highest BCUT2D eigenvalue weighted by atomic mass is 16.5. The molecule has 1 aromatic carbocycles. The smallest absolute Gasteiger partial charge is 0.0697 e. The first-order chi connectivity index (χ1) is 7.72. The van der Waals surface area contributed by atoms with Gasteiger partial charge in [0.2, 0.25) is 0 Å². The van der Waals surface area contributed by atoms with E-state index >= 15 is 0 Å². The van der Waals surface area contributed by atoms with Gasteiger partial charge < -0.3 is 10.5 Å². The van der Waals surface area contributed by atoms with E-state index in [2.05, 4.69) is 31.2 Å². The molecule has 16 heavy (non-hydrogen) atoms. The summed E-state index contributed by atoms with van der Waals surface area (Å²) in [6.07, 6.45) is 2.39. The predicted octanol–water partition coefficient (Wildman–Crippen LogP) is 2.47. The third-order valence-corrected chi connectivity index (χ3v) is 3.55. The minimum atomic E-state index is 0.151. The van der Waals surface area contributed by atoms with Crippen LogP contribution in [0.5, 0.6) is 0 Å². The molecule has 0 aromatic heterocycles. The third-order valence-electron chi connectivity index (χ3n) is 3.55. The summed E-state index contributed by atoms with van der Waals surface area (Å²) < 4.78 is 5.54. The zero-order valence-corrected chi connectivity index (χ0v) is 10.1. The van der Waals surface area contributed by atoms with Crippen LogP contribution in [0.15, 0.2) is 24.3 Å². The van der Waals surface area contributed by atoms with Gasteiger partial charge in [-0.2, -0.15) is 0 Å². The van der Waals surface area contributed by atoms with Gasteiger partial charge in [0, 0.05) is 12.6 Å². The Morgan fingerprint density at radius 2 is 2.19 bits per heavy atom. The highest BCUT2D eigenvalue weighted by molar-refractivity contribution is 5.39. The van der Waals surface area contributed by atoms with E-state index in [-0.39, 0.29) is 12.1 Å². The molecular formula is C14H21NO. The second kappa shape index (κ2) is 4.98. The molecule has 88 valence electrons. The first-order valence-electron chi connectivity index (χ1n) is 6.17. The first-order valence-corrected chi connectivity index (χ1v) is 6.17. The molecule has 0 bridgehead atoms. The van der Waals surface area contributed by atoms with E-state index in [4.69, 9.17) is 10.5 Å². The van der Waals surface area contributed by atoms with Gasteiger partial charge in [0.15, 0.2) is 0 Å². The van der Waals surface area contributed by atoms with Crippen molar-refractivity contribution in [3.63, 3.8) is 0 Å². The molecule has 2 N–H and O–H groups in total. The molecule has 0 aliphatic heterocycles. The van der Waals surface area contributed by atoms with Crippen molar-refractivity contribution in [1.82, 2.24) is 0 Å². The van der Waals surface area contributed by atoms with Gasteiger partial charge in [0.05, 0.1) is 6.10 Å². The summed E-state index contributed by atoms with van der Waals surface area (Å²) in [4.78, 5) is 0. The molecule has 1 aliphatic carbocycles. The summed E-state index contributed by atoms with van der Waals surface area (Å²) in [6, 6.07) is 8.81. The fourth-order valence-electron chi connectivity index (χ4n) is 2.48. The van der Waals surface area contributed by atoms with Gasteiger partial charge in [-0.15, -0.1) is 0 Å². The van der Waals surface area contributed by atoms with E-state index in [1.54, 1.807) is 0 Å². The van der Waals surface area contributed by atoms with Crippen LogP contribution in [0.1, 0.15) is 37.3 Å². The number of ether oxygens (including phenoxy) is 1. The SMILES string of the molecule is CCOC(C)C(N)CC1Cc2ccccc21. The van der Waals surface area contributed by atoms with Crippen molar-refractivity contribution in [1.29, 1.82) is 0 Å². The quantitative estimate of drug-likeness (QED) is 0.825. The molecule has 0 fully saturated rings. The topological polar surface area (TPSA) is 35.2 Å². The summed E-state index contributed by atoms with van der Waals surface area (Å²) in [6.45, 7) is 4.83. The monoisotopic (exact) mass is 219 g/mol. The molecule has 2 heteroatoms. The fourth-order valence-corrected chi connectivity index (χ4v) is 2.48. The summed E-state index contributed by atoms with van der Waals surface area (Å²) >= 11 is 0. The highest BCUT2D eigenvalue weighted by Gasteiger charge is 2.28. The van der Waals surface area contributed by atoms with Crippen LogP contribution in [0.2, 0.25) is 0 Å². The number of rotatable bonds is 5. The van der Waals surface area contributed by atoms with Gasteiger partial charge in [0.1, 0.15) is 0 Å². The van der Waals surface area contributed by atoms with Crippen LogP contribution in [0, 0.1) is 0 Å². The number of fused-ring (bicyclic) bond motifs is 1. The van der Waals surface area contributed by atoms with Crippen LogP contribution in [0.4, 0.5) is 0 Å². The molecule has 2 rings (SSSR count). The Balaban J connectivity index is 1.89. The van der Waals surface area contributed by atoms with Crippen molar-refractivity contribution in [2.45, 2.75) is 44.8 Å². The first kappa shape index (κ1) is 11.6. The third kappa shape index (κ3) is 2.28. The molecule has 0 amide bonds. The van der Waals surface area contributed by atoms with Crippen molar-refractivity contribution in [2.75, 3.05) is 6.61 Å². The van der Waals surface area contributed by atoms with Crippen LogP contribution in [-0.4, -0.2) is 18.8 Å². The van der Waals surface area contributed by atoms with Crippen molar-refractivity contribution in [2.24, 2.45) is 5.73 Å². The summed E-state index contributed by atoms with van der Waals surface area (Å²) in [5, 5.41) is 0. The minimum Gasteiger partial charge on any atom is -0.377 e. The van der Waals surface area contributed by atoms with Crippen LogP contribution >= 0.6 is 0 Å². The fraction of sp³-hybridized carbons (Fsp3) is 0.571. The summed E-state index contributed by atoms with van der Waals surface area (Å²) in [5.74, 6) is 0.647. The normalized spacial score (nSPS) is 22.1. The number of hydrogen-bond acceptors (Lipinski definition) is 2. The lowest BCUT2D eigenvalue weighted by atomic mass is 9.74. The van der Waals surface area contributed by atoms with Crippen molar-refractivity contribution < 1.29 is 4.74 Å². The molecule has 0 heterocycles. The standard InChI is InChI=1S/C14H21NO/c1-3-16-10(2)14(15)9-12-8-11-6-4-5-7-13(11)12/h4-7,10,12,14H,3,8-9,15H2,1-2H3. The lowest BCUT2D eigenvalue weighted by Crippen LogP contribution is -2.37. The van der Waals surface area contributed by atoms with Crippen molar-refractivity contribution in [3.05, 3.63) is 35.4 Å². The lowest BCUT2D eigenvalue weighted by Gasteiger charge is -2.33. The maximum atomic E-state index is 6.15. The Labute approximate surface area is 97.8 Å². The molecule has 1 aromatic rings. The van der Waals surface area contributed by atoms with Gasteiger partial charge in [-0.3, -0.25) is 0 Å². The zero-order chi connectivity index (χ0) is 11.5. The largest absolute Gasteiger partial charge is 0.377 e. The highest BCUT2D eigenvalue weighted by Crippen LogP contribution is 2.38. The van der Waals surface area contributed by atoms with E-state index in [0.29, 0.717) is 5.92 Å². The molecule has 0 radical (unpaired) electrons. The van der Waals surface area contributed by atoms with Crippen molar-refractivity contribution >= 4 is 0 Å². The summed E-state index contributed by atoms with van der Waals surface area (Å²) in [5.41, 5.74) is 9.12. The molecule has 3 unspecified atom stereocenters. The van der Waals surface area contributed by atoms with Crippen LogP contribution < -0.4 is 5.73 Å². The van der Waals surface area contributed by atoms with Gasteiger partial charge in [-0.05, 0) is 43.7 Å². The van der Waals surface area contributed by atoms with E-state index in [0.717, 1.165) is 13.0 Å². The van der Waals surface area contributed by atoms with E-state index in [1.165, 1.54) is 17.5 Å². The Kier molecular flexibility index (Phi) is 3.62. The minimum absolute atomic E-state index is 0.151. The summed E-state index contributed by atoms with van der Waals surface area (Å²) in [7, 11) is 0. The Morgan fingerprint density at radius 1 is 1.44 bits per heavy atom. The van der Waals surface area contributed by atoms with Gasteiger partial charge in [-0.25, -0.2) is 0 Å². The predicted molar refractivity (Wildman–Crippen MR) is 66.6 cm³/mol. The van der Waals surface area contributed by atoms with Gasteiger partial charge in [-0.1, -0.05) is 24.3 Å². The lowest BCUT2D eigenvalue weighted by molar-refractivity contribution is 0.0532. The number of hydrogen-bond donors (Lipinski definition) is 1. The molecule has 0 spiro atoms. The average molecular weight is 219 g/mol. The second-order valence-corrected chi connectivity index (χ2v) is 4.66. The van der Waals surface area contributed by atoms with Gasteiger partial charge >= 0.3 is 0 Å². The molecular weight excluding hydrogens is 198 g/mol. The number of benzene rings is 1. The maximum absolute atomic E-state index is 6.15. The molecule has 2 nitrogen and oxygen atoms in total. The van der Waals surface area contributed by atoms with Gasteiger partial charge in [0.25, 0.3) is 0 Å². The number of nitrogens with two attached hydrogens (primary N) is 1. The Morgan fingerprint density at radius 3 is 2.88 bits per heavy atom. The second-order valence-electron chi connectivity index (χ2n) is 4.66. The van der Waals surface area contributed by atoms with Crippen LogP contribution in [-0.2, 0) is 11.2 Å². The molecule has 0 saturated carbocycles. The molecule has 1 aliphatic rings. The van der Waals surface area contributed by atoms with Crippen LogP contribution in [0.25, 0.3) is 0 Å². The van der Waals surface area contributed by atoms with Crippen LogP contribution in [0.3, 0.4) is 0 Å². The average Bonchev–Trinajstić information content (AvgIpc) is 2.26. The maximum Gasteiger partial charge on any atom is 0.0697 e. The van der Waals surface area contributed by atoms with E-state index in [9.17, 15) is 0 Å².